The quantitative estimate of drug-likeness (QED) is 0.318. The predicted molar refractivity (Wildman–Crippen MR) is 157 cm³/mol. The fraction of sp³-hybridized carbons (Fsp3) is 0.367. The first-order valence-electron chi connectivity index (χ1n) is 13.4. The van der Waals surface area contributed by atoms with Crippen molar-refractivity contribution >= 4 is 35.4 Å². The topological polar surface area (TPSA) is 160 Å². The SMILES string of the molecule is Cc1cccc(C)c1-c1cc(Nc2nc(N3CCCC(NC(=O)OC(C)(C)C)C3)ncc2C(N)=O)cc(C(=O)O)c1. The Kier molecular flexibility index (Phi) is 8.46. The zero-order chi connectivity index (χ0) is 29.9. The highest BCUT2D eigenvalue weighted by atomic mass is 16.6. The number of carboxylic acid groups (broad SMARTS) is 1. The zero-order valence-electron chi connectivity index (χ0n) is 23.9. The van der Waals surface area contributed by atoms with Gasteiger partial charge in [-0.3, -0.25) is 4.79 Å². The average Bonchev–Trinajstić information content (AvgIpc) is 2.87. The minimum absolute atomic E-state index is 0.0588. The molecular weight excluding hydrogens is 524 g/mol. The van der Waals surface area contributed by atoms with Gasteiger partial charge in [0.2, 0.25) is 5.95 Å². The number of hydrogen-bond donors (Lipinski definition) is 4. The number of aryl methyl sites for hydroxylation is 2. The Morgan fingerprint density at radius 1 is 1.12 bits per heavy atom. The summed E-state index contributed by atoms with van der Waals surface area (Å²) >= 11 is 0. The molecule has 1 unspecified atom stereocenters. The van der Waals surface area contributed by atoms with Crippen molar-refractivity contribution in [2.24, 2.45) is 5.73 Å². The molecule has 2 aromatic carbocycles. The van der Waals surface area contributed by atoms with Gasteiger partial charge in [0.05, 0.1) is 5.56 Å². The van der Waals surface area contributed by atoms with Gasteiger partial charge in [0.25, 0.3) is 5.91 Å². The predicted octanol–water partition coefficient (Wildman–Crippen LogP) is 4.79. The molecule has 1 atom stereocenters. The lowest BCUT2D eigenvalue weighted by molar-refractivity contribution is 0.0499. The molecule has 0 radical (unpaired) electrons. The van der Waals surface area contributed by atoms with Gasteiger partial charge in [-0.1, -0.05) is 18.2 Å². The van der Waals surface area contributed by atoms with Crippen LogP contribution in [0, 0.1) is 13.8 Å². The Balaban J connectivity index is 1.65. The van der Waals surface area contributed by atoms with E-state index >= 15 is 0 Å². The summed E-state index contributed by atoms with van der Waals surface area (Å²) in [4.78, 5) is 47.5. The second kappa shape index (κ2) is 11.8. The molecule has 0 spiro atoms. The highest BCUT2D eigenvalue weighted by Crippen LogP contribution is 2.32. The van der Waals surface area contributed by atoms with Crippen molar-refractivity contribution in [2.45, 2.75) is 59.1 Å². The number of primary amides is 1. The van der Waals surface area contributed by atoms with E-state index in [2.05, 4.69) is 20.6 Å². The number of aromatic nitrogens is 2. The van der Waals surface area contributed by atoms with Crippen LogP contribution in [0.25, 0.3) is 11.1 Å². The van der Waals surface area contributed by atoms with E-state index in [1.165, 1.54) is 12.3 Å². The van der Waals surface area contributed by atoms with Crippen molar-refractivity contribution in [1.82, 2.24) is 15.3 Å². The molecule has 0 aliphatic carbocycles. The zero-order valence-corrected chi connectivity index (χ0v) is 23.9. The summed E-state index contributed by atoms with van der Waals surface area (Å²) in [5.74, 6) is -1.32. The van der Waals surface area contributed by atoms with E-state index in [1.807, 2.05) is 43.0 Å². The standard InChI is InChI=1S/C30H36N6O5/c1-17-8-6-9-18(2)24(17)19-12-20(27(38)39)14-22(13-19)33-26-23(25(31)37)15-32-28(35-26)36-11-7-10-21(16-36)34-29(40)41-30(3,4)5/h6,8-9,12-15,21H,7,10-11,16H2,1-5H3,(H2,31,37)(H,34,40)(H,38,39)(H,32,33,35). The van der Waals surface area contributed by atoms with E-state index in [0.29, 0.717) is 30.3 Å². The van der Waals surface area contributed by atoms with Crippen LogP contribution in [0.15, 0.2) is 42.6 Å². The number of hydrogen-bond acceptors (Lipinski definition) is 8. The van der Waals surface area contributed by atoms with E-state index in [0.717, 1.165) is 29.5 Å². The molecule has 1 aliphatic heterocycles. The number of anilines is 3. The second-order valence-electron chi connectivity index (χ2n) is 11.2. The van der Waals surface area contributed by atoms with Gasteiger partial charge >= 0.3 is 12.1 Å². The molecule has 1 saturated heterocycles. The van der Waals surface area contributed by atoms with Gasteiger partial charge in [0.15, 0.2) is 0 Å². The number of nitrogens with two attached hydrogens (primary N) is 1. The molecule has 1 aliphatic rings. The van der Waals surface area contributed by atoms with Crippen LogP contribution < -0.4 is 21.3 Å². The number of rotatable bonds is 7. The molecule has 41 heavy (non-hydrogen) atoms. The number of nitrogens with zero attached hydrogens (tertiary/aromatic N) is 3. The van der Waals surface area contributed by atoms with Crippen molar-refractivity contribution in [3.8, 4) is 11.1 Å². The van der Waals surface area contributed by atoms with Gasteiger partial charge in [-0.2, -0.15) is 4.98 Å². The van der Waals surface area contributed by atoms with E-state index in [-0.39, 0.29) is 23.0 Å². The summed E-state index contributed by atoms with van der Waals surface area (Å²) in [5, 5.41) is 15.8. The number of amides is 2. The van der Waals surface area contributed by atoms with Gasteiger partial charge in [0.1, 0.15) is 17.0 Å². The Labute approximate surface area is 239 Å². The fourth-order valence-corrected chi connectivity index (χ4v) is 4.93. The first-order chi connectivity index (χ1) is 19.3. The summed E-state index contributed by atoms with van der Waals surface area (Å²) < 4.78 is 5.39. The van der Waals surface area contributed by atoms with Crippen molar-refractivity contribution in [2.75, 3.05) is 23.3 Å². The van der Waals surface area contributed by atoms with Crippen LogP contribution >= 0.6 is 0 Å². The van der Waals surface area contributed by atoms with Gasteiger partial charge in [-0.05, 0) is 87.9 Å². The van der Waals surface area contributed by atoms with Crippen molar-refractivity contribution in [3.05, 3.63) is 64.8 Å². The lowest BCUT2D eigenvalue weighted by Gasteiger charge is -2.33. The van der Waals surface area contributed by atoms with Crippen LogP contribution in [0.2, 0.25) is 0 Å². The van der Waals surface area contributed by atoms with E-state index in [4.69, 9.17) is 10.5 Å². The molecule has 2 amide bonds. The van der Waals surface area contributed by atoms with Crippen molar-refractivity contribution in [3.63, 3.8) is 0 Å². The molecule has 11 heteroatoms. The van der Waals surface area contributed by atoms with Crippen molar-refractivity contribution < 1.29 is 24.2 Å². The van der Waals surface area contributed by atoms with Crippen molar-refractivity contribution in [1.29, 1.82) is 0 Å². The Morgan fingerprint density at radius 3 is 2.46 bits per heavy atom. The van der Waals surface area contributed by atoms with Crippen LogP contribution in [0.3, 0.4) is 0 Å². The number of nitrogens with one attached hydrogen (secondary N) is 2. The molecule has 2 heterocycles. The summed E-state index contributed by atoms with van der Waals surface area (Å²) in [6.07, 6.45) is 2.41. The number of benzene rings is 2. The molecule has 0 bridgehead atoms. The third-order valence-corrected chi connectivity index (χ3v) is 6.68. The Bertz CT molecular complexity index is 1460. The Morgan fingerprint density at radius 2 is 1.83 bits per heavy atom. The summed E-state index contributed by atoms with van der Waals surface area (Å²) in [6.45, 7) is 10.4. The summed E-state index contributed by atoms with van der Waals surface area (Å²) in [6, 6.07) is 10.6. The Hall–Kier alpha value is -4.67. The maximum atomic E-state index is 12.3. The molecule has 216 valence electrons. The largest absolute Gasteiger partial charge is 0.478 e. The molecule has 1 fully saturated rings. The molecule has 0 saturated carbocycles. The lowest BCUT2D eigenvalue weighted by atomic mass is 9.94. The second-order valence-corrected chi connectivity index (χ2v) is 11.2. The minimum Gasteiger partial charge on any atom is -0.478 e. The third-order valence-electron chi connectivity index (χ3n) is 6.68. The molecule has 1 aromatic heterocycles. The van der Waals surface area contributed by atoms with Crippen LogP contribution in [0.4, 0.5) is 22.2 Å². The summed E-state index contributed by atoms with van der Waals surface area (Å²) in [7, 11) is 0. The molecule has 5 N–H and O–H groups in total. The number of alkyl carbamates (subject to hydrolysis) is 1. The van der Waals surface area contributed by atoms with Crippen LogP contribution in [-0.2, 0) is 4.74 Å². The van der Waals surface area contributed by atoms with Gasteiger partial charge in [-0.25, -0.2) is 14.6 Å². The number of piperidine rings is 1. The van der Waals surface area contributed by atoms with Gasteiger partial charge < -0.3 is 31.1 Å². The van der Waals surface area contributed by atoms with E-state index in [1.54, 1.807) is 26.8 Å². The minimum atomic E-state index is -1.09. The molecule has 11 nitrogen and oxygen atoms in total. The van der Waals surface area contributed by atoms with Crippen LogP contribution in [0.1, 0.15) is 65.5 Å². The normalized spacial score (nSPS) is 15.2. The fourth-order valence-electron chi connectivity index (χ4n) is 4.93. The van der Waals surface area contributed by atoms with Crippen LogP contribution in [-0.4, -0.2) is 57.8 Å². The maximum absolute atomic E-state index is 12.3. The van der Waals surface area contributed by atoms with E-state index < -0.39 is 23.6 Å². The van der Waals surface area contributed by atoms with Gasteiger partial charge in [0, 0.05) is 31.0 Å². The first kappa shape index (κ1) is 29.3. The molecular formula is C30H36N6O5. The first-order valence-corrected chi connectivity index (χ1v) is 13.4. The average molecular weight is 561 g/mol. The number of carbonyl (C=O) groups excluding carboxylic acids is 2. The smallest absolute Gasteiger partial charge is 0.407 e. The maximum Gasteiger partial charge on any atom is 0.407 e. The third kappa shape index (κ3) is 7.30. The lowest BCUT2D eigenvalue weighted by Crippen LogP contribution is -2.49. The highest BCUT2D eigenvalue weighted by Gasteiger charge is 2.26. The molecule has 4 rings (SSSR count). The number of aromatic carboxylic acids is 1. The van der Waals surface area contributed by atoms with Crippen LogP contribution in [0.5, 0.6) is 0 Å². The number of carbonyl (C=O) groups is 3. The molecule has 3 aromatic rings. The summed E-state index contributed by atoms with van der Waals surface area (Å²) in [5.41, 5.74) is 9.23. The highest BCUT2D eigenvalue weighted by molar-refractivity contribution is 5.98. The van der Waals surface area contributed by atoms with Gasteiger partial charge in [-0.15, -0.1) is 0 Å². The van der Waals surface area contributed by atoms with E-state index in [9.17, 15) is 19.5 Å². The monoisotopic (exact) mass is 560 g/mol. The number of carboxylic acids is 1. The number of ether oxygens (including phenoxy) is 1.